The number of nitrogens with zero attached hydrogens (tertiary/aromatic N) is 2. The average Bonchev–Trinajstić information content (AvgIpc) is 2.91. The molecule has 6 nitrogen and oxygen atoms in total. The number of aryl methyl sites for hydroxylation is 1. The molecule has 0 spiro atoms. The Bertz CT molecular complexity index is 626. The predicted octanol–water partition coefficient (Wildman–Crippen LogP) is 1.75. The molecule has 2 rings (SSSR count). The van der Waals surface area contributed by atoms with E-state index in [1.165, 1.54) is 12.1 Å². The van der Waals surface area contributed by atoms with Gasteiger partial charge in [-0.05, 0) is 18.2 Å². The molecule has 0 atom stereocenters. The van der Waals surface area contributed by atoms with Crippen molar-refractivity contribution in [1.29, 1.82) is 0 Å². The Morgan fingerprint density at radius 1 is 1.35 bits per heavy atom. The number of benzene rings is 1. The first-order chi connectivity index (χ1) is 9.58. The molecule has 7 heteroatoms. The van der Waals surface area contributed by atoms with Gasteiger partial charge in [-0.25, -0.2) is 9.18 Å². The molecular formula is C13H12FN3O3. The molecule has 0 aliphatic rings. The van der Waals surface area contributed by atoms with Crippen LogP contribution in [0.1, 0.15) is 16.8 Å². The number of carboxylic acids is 1. The van der Waals surface area contributed by atoms with Crippen LogP contribution in [0.2, 0.25) is 0 Å². The summed E-state index contributed by atoms with van der Waals surface area (Å²) in [5.74, 6) is -2.56. The number of halogens is 1. The van der Waals surface area contributed by atoms with Crippen LogP contribution >= 0.6 is 0 Å². The SMILES string of the molecule is O=C(CCn1cccn1)Nc1c(F)cccc1C(=O)O. The summed E-state index contributed by atoms with van der Waals surface area (Å²) < 4.78 is 15.1. The van der Waals surface area contributed by atoms with Crippen molar-refractivity contribution in [2.75, 3.05) is 5.32 Å². The van der Waals surface area contributed by atoms with Crippen LogP contribution in [0.5, 0.6) is 0 Å². The van der Waals surface area contributed by atoms with Gasteiger partial charge in [0, 0.05) is 25.4 Å². The third-order valence-corrected chi connectivity index (χ3v) is 2.64. The van der Waals surface area contributed by atoms with E-state index >= 15 is 0 Å². The van der Waals surface area contributed by atoms with Crippen LogP contribution in [0.4, 0.5) is 10.1 Å². The fraction of sp³-hybridized carbons (Fsp3) is 0.154. The molecule has 2 N–H and O–H groups in total. The molecule has 1 aromatic carbocycles. The molecule has 0 fully saturated rings. The fourth-order valence-corrected chi connectivity index (χ4v) is 1.68. The van der Waals surface area contributed by atoms with E-state index in [4.69, 9.17) is 5.11 Å². The highest BCUT2D eigenvalue weighted by molar-refractivity contribution is 6.00. The summed E-state index contributed by atoms with van der Waals surface area (Å²) in [5, 5.41) is 15.2. The van der Waals surface area contributed by atoms with Crippen LogP contribution < -0.4 is 5.32 Å². The minimum absolute atomic E-state index is 0.0646. The molecule has 0 saturated carbocycles. The monoisotopic (exact) mass is 277 g/mol. The lowest BCUT2D eigenvalue weighted by Crippen LogP contribution is -2.18. The highest BCUT2D eigenvalue weighted by Gasteiger charge is 2.16. The normalized spacial score (nSPS) is 10.2. The Balaban J connectivity index is 2.06. The van der Waals surface area contributed by atoms with Gasteiger partial charge in [-0.3, -0.25) is 9.48 Å². The van der Waals surface area contributed by atoms with Gasteiger partial charge in [0.1, 0.15) is 5.82 Å². The number of amides is 1. The van der Waals surface area contributed by atoms with Gasteiger partial charge in [0.25, 0.3) is 0 Å². The van der Waals surface area contributed by atoms with E-state index in [1.54, 1.807) is 23.1 Å². The molecule has 0 unspecified atom stereocenters. The summed E-state index contributed by atoms with van der Waals surface area (Å²) in [5.41, 5.74) is -0.595. The van der Waals surface area contributed by atoms with Crippen LogP contribution in [0.3, 0.4) is 0 Å². The first kappa shape index (κ1) is 13.7. The predicted molar refractivity (Wildman–Crippen MR) is 68.8 cm³/mol. The Labute approximate surface area is 113 Å². The average molecular weight is 277 g/mol. The highest BCUT2D eigenvalue weighted by Crippen LogP contribution is 2.20. The first-order valence-electron chi connectivity index (χ1n) is 5.87. The molecule has 0 radical (unpaired) electrons. The molecule has 2 aromatic rings. The molecule has 20 heavy (non-hydrogen) atoms. The quantitative estimate of drug-likeness (QED) is 0.872. The van der Waals surface area contributed by atoms with E-state index in [9.17, 15) is 14.0 Å². The molecule has 1 amide bonds. The van der Waals surface area contributed by atoms with E-state index in [1.807, 2.05) is 0 Å². The zero-order chi connectivity index (χ0) is 14.5. The van der Waals surface area contributed by atoms with Crippen LogP contribution in [-0.2, 0) is 11.3 Å². The molecule has 0 bridgehead atoms. The van der Waals surface area contributed by atoms with Crippen molar-refractivity contribution in [2.24, 2.45) is 0 Å². The van der Waals surface area contributed by atoms with Gasteiger partial charge in [0.15, 0.2) is 0 Å². The number of aromatic nitrogens is 2. The van der Waals surface area contributed by atoms with Gasteiger partial charge in [0.2, 0.25) is 5.91 Å². The van der Waals surface area contributed by atoms with Crippen molar-refractivity contribution in [2.45, 2.75) is 13.0 Å². The molecular weight excluding hydrogens is 265 g/mol. The van der Waals surface area contributed by atoms with Crippen LogP contribution in [0, 0.1) is 5.82 Å². The minimum Gasteiger partial charge on any atom is -0.478 e. The highest BCUT2D eigenvalue weighted by atomic mass is 19.1. The number of hydrogen-bond donors (Lipinski definition) is 2. The summed E-state index contributed by atoms with van der Waals surface area (Å²) in [4.78, 5) is 22.7. The van der Waals surface area contributed by atoms with Gasteiger partial charge in [-0.1, -0.05) is 6.07 Å². The number of carbonyl (C=O) groups excluding carboxylic acids is 1. The van der Waals surface area contributed by atoms with E-state index in [2.05, 4.69) is 10.4 Å². The van der Waals surface area contributed by atoms with Crippen LogP contribution in [0.15, 0.2) is 36.7 Å². The topological polar surface area (TPSA) is 84.2 Å². The second-order valence-corrected chi connectivity index (χ2v) is 4.03. The smallest absolute Gasteiger partial charge is 0.337 e. The zero-order valence-corrected chi connectivity index (χ0v) is 10.4. The Hall–Kier alpha value is -2.70. The second kappa shape index (κ2) is 5.96. The lowest BCUT2D eigenvalue weighted by molar-refractivity contribution is -0.116. The minimum atomic E-state index is -1.30. The number of rotatable bonds is 5. The number of aromatic carboxylic acids is 1. The summed E-state index contributed by atoms with van der Waals surface area (Å²) in [6.45, 7) is 0.329. The largest absolute Gasteiger partial charge is 0.478 e. The first-order valence-corrected chi connectivity index (χ1v) is 5.87. The Kier molecular flexibility index (Phi) is 4.09. The summed E-state index contributed by atoms with van der Waals surface area (Å²) >= 11 is 0. The van der Waals surface area contributed by atoms with Crippen LogP contribution in [0.25, 0.3) is 0 Å². The molecule has 104 valence electrons. The maximum absolute atomic E-state index is 13.6. The summed E-state index contributed by atoms with van der Waals surface area (Å²) in [7, 11) is 0. The van der Waals surface area contributed by atoms with Gasteiger partial charge in [-0.15, -0.1) is 0 Å². The molecule has 1 aromatic heterocycles. The zero-order valence-electron chi connectivity index (χ0n) is 10.4. The van der Waals surface area contributed by atoms with Gasteiger partial charge in [0.05, 0.1) is 11.3 Å². The number of para-hydroxylation sites is 1. The molecule has 0 saturated heterocycles. The van der Waals surface area contributed by atoms with Gasteiger partial charge < -0.3 is 10.4 Å². The summed E-state index contributed by atoms with van der Waals surface area (Å²) in [6.07, 6.45) is 3.34. The van der Waals surface area contributed by atoms with Crippen molar-refractivity contribution >= 4 is 17.6 Å². The van der Waals surface area contributed by atoms with Crippen molar-refractivity contribution in [3.63, 3.8) is 0 Å². The van der Waals surface area contributed by atoms with E-state index < -0.39 is 17.7 Å². The van der Waals surface area contributed by atoms with Crippen molar-refractivity contribution < 1.29 is 19.1 Å². The Morgan fingerprint density at radius 2 is 2.15 bits per heavy atom. The molecule has 1 heterocycles. The third kappa shape index (κ3) is 3.19. The number of hydrogen-bond acceptors (Lipinski definition) is 3. The van der Waals surface area contributed by atoms with E-state index in [0.717, 1.165) is 6.07 Å². The molecule has 0 aliphatic carbocycles. The summed E-state index contributed by atoms with van der Waals surface area (Å²) in [6, 6.07) is 5.32. The maximum atomic E-state index is 13.6. The van der Waals surface area contributed by atoms with Gasteiger partial charge in [-0.2, -0.15) is 5.10 Å². The van der Waals surface area contributed by atoms with Crippen LogP contribution in [-0.4, -0.2) is 26.8 Å². The molecule has 0 aliphatic heterocycles. The van der Waals surface area contributed by atoms with Crippen molar-refractivity contribution in [3.8, 4) is 0 Å². The standard InChI is InChI=1S/C13H12FN3O3/c14-10-4-1-3-9(13(19)20)12(10)16-11(18)5-8-17-7-2-6-15-17/h1-4,6-7H,5,8H2,(H,16,18)(H,19,20). The number of nitrogens with one attached hydrogen (secondary N) is 1. The maximum Gasteiger partial charge on any atom is 0.337 e. The number of carbonyl (C=O) groups is 2. The van der Waals surface area contributed by atoms with Gasteiger partial charge >= 0.3 is 5.97 Å². The number of anilines is 1. The fourth-order valence-electron chi connectivity index (χ4n) is 1.68. The number of carboxylic acid groups (broad SMARTS) is 1. The second-order valence-electron chi connectivity index (χ2n) is 4.03. The Morgan fingerprint density at radius 3 is 2.80 bits per heavy atom. The lowest BCUT2D eigenvalue weighted by Gasteiger charge is -2.09. The lowest BCUT2D eigenvalue weighted by atomic mass is 10.1. The third-order valence-electron chi connectivity index (χ3n) is 2.64. The van der Waals surface area contributed by atoms with E-state index in [-0.39, 0.29) is 17.7 Å². The van der Waals surface area contributed by atoms with Crippen molar-refractivity contribution in [1.82, 2.24) is 9.78 Å². The van der Waals surface area contributed by atoms with E-state index in [0.29, 0.717) is 6.54 Å². The van der Waals surface area contributed by atoms with Crippen molar-refractivity contribution in [3.05, 3.63) is 48.0 Å².